The molecule has 35 heavy (non-hydrogen) atoms. The number of hydrogen-bond acceptors (Lipinski definition) is 5. The number of halogens is 3. The van der Waals surface area contributed by atoms with Gasteiger partial charge in [0.25, 0.3) is 5.91 Å². The summed E-state index contributed by atoms with van der Waals surface area (Å²) in [5, 5.41) is 12.1. The number of furan rings is 1. The predicted molar refractivity (Wildman–Crippen MR) is 130 cm³/mol. The maximum atomic E-state index is 15.0. The van der Waals surface area contributed by atoms with E-state index in [1.165, 1.54) is 37.4 Å². The van der Waals surface area contributed by atoms with Crippen LogP contribution in [0.3, 0.4) is 0 Å². The van der Waals surface area contributed by atoms with E-state index in [9.17, 15) is 19.1 Å². The van der Waals surface area contributed by atoms with Gasteiger partial charge in [-0.1, -0.05) is 41.4 Å². The van der Waals surface area contributed by atoms with Gasteiger partial charge in [-0.25, -0.2) is 4.39 Å². The van der Waals surface area contributed by atoms with Gasteiger partial charge < -0.3 is 14.3 Å². The van der Waals surface area contributed by atoms with Gasteiger partial charge in [0.05, 0.1) is 18.7 Å². The number of fused-ring (bicyclic) bond motifs is 1. The van der Waals surface area contributed by atoms with Gasteiger partial charge in [0.15, 0.2) is 22.9 Å². The van der Waals surface area contributed by atoms with Crippen LogP contribution in [-0.2, 0) is 4.79 Å². The average Bonchev–Trinajstić information content (AvgIpc) is 3.38. The first-order valence-electron chi connectivity index (χ1n) is 10.4. The third-order valence-corrected chi connectivity index (χ3v) is 6.22. The molecule has 0 radical (unpaired) electrons. The lowest BCUT2D eigenvalue weighted by Gasteiger charge is -2.27. The fraction of sp³-hybridized carbons (Fsp3) is 0.0769. The van der Waals surface area contributed by atoms with Crippen molar-refractivity contribution < 1.29 is 28.2 Å². The van der Waals surface area contributed by atoms with E-state index in [2.05, 4.69) is 0 Å². The van der Waals surface area contributed by atoms with E-state index >= 15 is 0 Å². The Morgan fingerprint density at radius 3 is 2.46 bits per heavy atom. The van der Waals surface area contributed by atoms with Crippen molar-refractivity contribution in [3.05, 3.63) is 105 Å². The van der Waals surface area contributed by atoms with E-state index in [0.29, 0.717) is 26.9 Å². The van der Waals surface area contributed by atoms with E-state index in [0.717, 1.165) is 4.90 Å². The van der Waals surface area contributed by atoms with Crippen LogP contribution in [0, 0.1) is 5.82 Å². The lowest BCUT2D eigenvalue weighted by Crippen LogP contribution is -2.31. The fourth-order valence-electron chi connectivity index (χ4n) is 4.18. The van der Waals surface area contributed by atoms with E-state index in [1.807, 2.05) is 0 Å². The van der Waals surface area contributed by atoms with Gasteiger partial charge in [0.1, 0.15) is 5.82 Å². The number of rotatable bonds is 5. The number of hydrogen-bond donors (Lipinski definition) is 1. The Kier molecular flexibility index (Phi) is 5.75. The van der Waals surface area contributed by atoms with Crippen LogP contribution in [0.25, 0.3) is 11.0 Å². The third kappa shape index (κ3) is 3.83. The van der Waals surface area contributed by atoms with Crippen molar-refractivity contribution in [2.75, 3.05) is 12.0 Å². The molecule has 1 aliphatic rings. The second-order valence-electron chi connectivity index (χ2n) is 7.80. The zero-order valence-electron chi connectivity index (χ0n) is 18.1. The zero-order chi connectivity index (χ0) is 24.9. The summed E-state index contributed by atoms with van der Waals surface area (Å²) in [6.07, 6.45) is 0. The highest BCUT2D eigenvalue weighted by Crippen LogP contribution is 2.43. The number of ether oxygens (including phenoxy) is 1. The van der Waals surface area contributed by atoms with Crippen LogP contribution in [0.2, 0.25) is 10.0 Å². The number of carbonyl (C=O) groups is 2. The fourth-order valence-corrected chi connectivity index (χ4v) is 4.52. The third-order valence-electron chi connectivity index (χ3n) is 5.75. The van der Waals surface area contributed by atoms with Crippen molar-refractivity contribution in [1.82, 2.24) is 0 Å². The Bertz CT molecular complexity index is 1530. The Balaban J connectivity index is 1.68. The molecule has 0 saturated carbocycles. The van der Waals surface area contributed by atoms with Crippen molar-refractivity contribution in [3.8, 4) is 5.75 Å². The van der Waals surface area contributed by atoms with Gasteiger partial charge in [-0.15, -0.1) is 0 Å². The molecule has 3 aromatic carbocycles. The van der Waals surface area contributed by atoms with Crippen molar-refractivity contribution >= 4 is 51.5 Å². The number of amides is 1. The summed E-state index contributed by atoms with van der Waals surface area (Å²) < 4.78 is 26.0. The molecule has 4 aromatic rings. The summed E-state index contributed by atoms with van der Waals surface area (Å²) in [6.45, 7) is 0. The number of anilines is 1. The number of ketones is 1. The Morgan fingerprint density at radius 1 is 1.06 bits per heavy atom. The number of benzene rings is 3. The molecule has 1 amide bonds. The Hall–Kier alpha value is -3.81. The van der Waals surface area contributed by atoms with Crippen molar-refractivity contribution in [2.24, 2.45) is 0 Å². The van der Waals surface area contributed by atoms with Crippen molar-refractivity contribution in [1.29, 1.82) is 0 Å². The summed E-state index contributed by atoms with van der Waals surface area (Å²) in [7, 11) is 1.43. The highest BCUT2D eigenvalue weighted by atomic mass is 35.5. The number of aliphatic hydroxyl groups excluding tert-OH is 1. The maximum absolute atomic E-state index is 15.0. The molecule has 0 saturated heterocycles. The minimum atomic E-state index is -1.25. The van der Waals surface area contributed by atoms with Gasteiger partial charge in [-0.2, -0.15) is 0 Å². The summed E-state index contributed by atoms with van der Waals surface area (Å²) in [5.41, 5.74) is 0.292. The van der Waals surface area contributed by atoms with E-state index in [1.54, 1.807) is 36.4 Å². The second-order valence-corrected chi connectivity index (χ2v) is 8.68. The summed E-state index contributed by atoms with van der Waals surface area (Å²) >= 11 is 12.1. The molecule has 2 heterocycles. The molecule has 0 aliphatic carbocycles. The van der Waals surface area contributed by atoms with Crippen LogP contribution >= 0.6 is 23.2 Å². The molecule has 6 nitrogen and oxygen atoms in total. The largest absolute Gasteiger partial charge is 0.503 e. The number of methoxy groups -OCH3 is 1. The lowest BCUT2D eigenvalue weighted by molar-refractivity contribution is -0.117. The molecule has 1 aliphatic heterocycles. The van der Waals surface area contributed by atoms with Crippen LogP contribution in [0.5, 0.6) is 5.75 Å². The molecular weight excluding hydrogens is 496 g/mol. The van der Waals surface area contributed by atoms with E-state index in [-0.39, 0.29) is 22.5 Å². The standard InChI is InChI=1S/C26H16Cl2FNO5/c1-34-20-12-15(28)10-13-11-19(35-25(13)20)23(31)21-22(17-4-2-3-5-18(17)29)30(26(33)24(21)32)16-8-6-14(27)7-9-16/h2-12,22,32H,1H3. The van der Waals surface area contributed by atoms with Crippen molar-refractivity contribution in [3.63, 3.8) is 0 Å². The predicted octanol–water partition coefficient (Wildman–Crippen LogP) is 6.67. The van der Waals surface area contributed by atoms with Crippen LogP contribution in [-0.4, -0.2) is 23.9 Å². The quantitative estimate of drug-likeness (QED) is 0.302. The molecule has 1 unspecified atom stereocenters. The molecule has 0 spiro atoms. The van der Waals surface area contributed by atoms with Crippen molar-refractivity contribution in [2.45, 2.75) is 6.04 Å². The smallest absolute Gasteiger partial charge is 0.294 e. The number of Topliss-reactive ketones (excluding diaryl/α,β-unsaturated/α-hetero) is 1. The van der Waals surface area contributed by atoms with Gasteiger partial charge in [0.2, 0.25) is 5.78 Å². The molecule has 1 N–H and O–H groups in total. The molecule has 0 fully saturated rings. The highest BCUT2D eigenvalue weighted by Gasteiger charge is 2.46. The normalized spacial score (nSPS) is 15.8. The number of carbonyl (C=O) groups excluding carboxylic acids is 2. The van der Waals surface area contributed by atoms with E-state index < -0.39 is 29.3 Å². The SMILES string of the molecule is COc1cc(Cl)cc2cc(C(=O)C3=C(O)C(=O)N(c4ccc(Cl)cc4)C3c3ccccc3F)oc12. The molecule has 1 atom stereocenters. The number of nitrogens with zero attached hydrogens (tertiary/aromatic N) is 1. The Morgan fingerprint density at radius 2 is 1.77 bits per heavy atom. The van der Waals surface area contributed by atoms with Gasteiger partial charge in [-0.05, 0) is 42.5 Å². The minimum Gasteiger partial charge on any atom is -0.503 e. The average molecular weight is 512 g/mol. The van der Waals surface area contributed by atoms with Gasteiger partial charge in [-0.3, -0.25) is 14.5 Å². The summed E-state index contributed by atoms with van der Waals surface area (Å²) in [6, 6.07) is 15.2. The summed E-state index contributed by atoms with van der Waals surface area (Å²) in [5.74, 6) is -2.96. The summed E-state index contributed by atoms with van der Waals surface area (Å²) in [4.78, 5) is 28.0. The first-order chi connectivity index (χ1) is 16.8. The topological polar surface area (TPSA) is 80.0 Å². The van der Waals surface area contributed by atoms with Crippen LogP contribution in [0.1, 0.15) is 22.2 Å². The molecule has 0 bridgehead atoms. The molecule has 176 valence electrons. The second kappa shape index (κ2) is 8.76. The molecule has 9 heteroatoms. The first kappa shape index (κ1) is 23.0. The molecule has 1 aromatic heterocycles. The number of aliphatic hydroxyl groups is 1. The zero-order valence-corrected chi connectivity index (χ0v) is 19.6. The highest BCUT2D eigenvalue weighted by molar-refractivity contribution is 6.31. The minimum absolute atomic E-state index is 0.0277. The van der Waals surface area contributed by atoms with Gasteiger partial charge >= 0.3 is 0 Å². The van der Waals surface area contributed by atoms with Crippen LogP contribution in [0.4, 0.5) is 10.1 Å². The monoisotopic (exact) mass is 511 g/mol. The van der Waals surface area contributed by atoms with E-state index in [4.69, 9.17) is 32.4 Å². The molecular formula is C26H16Cl2FNO5. The van der Waals surface area contributed by atoms with Crippen LogP contribution in [0.15, 0.2) is 82.5 Å². The molecule has 5 rings (SSSR count). The maximum Gasteiger partial charge on any atom is 0.294 e. The van der Waals surface area contributed by atoms with Crippen LogP contribution < -0.4 is 9.64 Å². The first-order valence-corrected chi connectivity index (χ1v) is 11.1. The Labute approximate surface area is 208 Å². The van der Waals surface area contributed by atoms with Gasteiger partial charge in [0, 0.05) is 32.7 Å². The lowest BCUT2D eigenvalue weighted by atomic mass is 9.94.